The van der Waals surface area contributed by atoms with E-state index in [2.05, 4.69) is 27.0 Å². The van der Waals surface area contributed by atoms with E-state index in [0.717, 1.165) is 41.4 Å². The highest BCUT2D eigenvalue weighted by Crippen LogP contribution is 2.26. The Morgan fingerprint density at radius 2 is 2.06 bits per heavy atom. The van der Waals surface area contributed by atoms with Gasteiger partial charge in [-0.05, 0) is 72.7 Å². The fourth-order valence-corrected chi connectivity index (χ4v) is 4.90. The zero-order chi connectivity index (χ0) is 22.8. The molecule has 1 aliphatic heterocycles. The van der Waals surface area contributed by atoms with Crippen LogP contribution in [-0.2, 0) is 16.0 Å². The van der Waals surface area contributed by atoms with E-state index in [0.29, 0.717) is 37.2 Å². The number of allylic oxidation sites excluding steroid dienone is 2. The predicted molar refractivity (Wildman–Crippen MR) is 129 cm³/mol. The maximum atomic E-state index is 13.4. The summed E-state index contributed by atoms with van der Waals surface area (Å²) in [4.78, 5) is 30.3. The first kappa shape index (κ1) is 22.1. The van der Waals surface area contributed by atoms with Gasteiger partial charge in [0.2, 0.25) is 0 Å². The number of carbonyl (C=O) groups is 1. The molecule has 3 aromatic rings. The van der Waals surface area contributed by atoms with Gasteiger partial charge < -0.3 is 9.47 Å². The first-order chi connectivity index (χ1) is 16.1. The SMILES string of the molecule is O=C(O[C@H]1CC[C@@H](Cn2c(=O)n(C3=CCCCC3)c3ncc(Br)cc32)OC1)c1ccccc1. The van der Waals surface area contributed by atoms with Crippen LogP contribution < -0.4 is 5.69 Å². The van der Waals surface area contributed by atoms with E-state index in [1.54, 1.807) is 27.5 Å². The summed E-state index contributed by atoms with van der Waals surface area (Å²) < 4.78 is 16.0. The minimum absolute atomic E-state index is 0.0787. The Kier molecular flexibility index (Phi) is 6.46. The van der Waals surface area contributed by atoms with Gasteiger partial charge in [-0.25, -0.2) is 19.1 Å². The number of pyridine rings is 1. The van der Waals surface area contributed by atoms with Gasteiger partial charge in [0.25, 0.3) is 0 Å². The Labute approximate surface area is 200 Å². The molecule has 8 heteroatoms. The number of halogens is 1. The number of ether oxygens (including phenoxy) is 2. The first-order valence-corrected chi connectivity index (χ1v) is 12.2. The van der Waals surface area contributed by atoms with Gasteiger partial charge in [0.1, 0.15) is 6.10 Å². The van der Waals surface area contributed by atoms with Crippen LogP contribution in [0.1, 0.15) is 48.9 Å². The third-order valence-electron chi connectivity index (χ3n) is 6.29. The number of hydrogen-bond acceptors (Lipinski definition) is 5. The third kappa shape index (κ3) is 4.68. The lowest BCUT2D eigenvalue weighted by Crippen LogP contribution is -2.37. The molecule has 2 aromatic heterocycles. The van der Waals surface area contributed by atoms with E-state index in [9.17, 15) is 9.59 Å². The standard InChI is InChI=1S/C25H26BrN3O4/c26-18-13-22-23(27-14-18)29(19-9-5-2-6-10-19)25(31)28(22)15-20-11-12-21(16-32-20)33-24(30)17-7-3-1-4-8-17/h1,3-4,7-9,13-14,20-21H,2,5-6,10-12,15-16H2/t20-,21-/m0/s1. The Hall–Kier alpha value is -2.71. The molecule has 0 N–H and O–H groups in total. The van der Waals surface area contributed by atoms with Crippen LogP contribution in [0.2, 0.25) is 0 Å². The monoisotopic (exact) mass is 511 g/mol. The average molecular weight is 512 g/mol. The Morgan fingerprint density at radius 3 is 2.79 bits per heavy atom. The van der Waals surface area contributed by atoms with Crippen molar-refractivity contribution in [3.63, 3.8) is 0 Å². The molecule has 0 spiro atoms. The molecule has 0 amide bonds. The molecule has 1 aromatic carbocycles. The number of imidazole rings is 1. The second kappa shape index (κ2) is 9.65. The minimum Gasteiger partial charge on any atom is -0.456 e. The van der Waals surface area contributed by atoms with E-state index < -0.39 is 0 Å². The molecular formula is C25H26BrN3O4. The van der Waals surface area contributed by atoms with Crippen LogP contribution in [0, 0.1) is 0 Å². The van der Waals surface area contributed by atoms with Gasteiger partial charge in [0, 0.05) is 16.4 Å². The van der Waals surface area contributed by atoms with E-state index in [4.69, 9.17) is 9.47 Å². The summed E-state index contributed by atoms with van der Waals surface area (Å²) in [7, 11) is 0. The second-order valence-corrected chi connectivity index (χ2v) is 9.51. The molecule has 1 saturated heterocycles. The van der Waals surface area contributed by atoms with Crippen LogP contribution in [-0.4, -0.2) is 38.9 Å². The summed E-state index contributed by atoms with van der Waals surface area (Å²) in [5.74, 6) is -0.335. The number of carbonyl (C=O) groups excluding carboxylic acids is 1. The average Bonchev–Trinajstić information content (AvgIpc) is 3.12. The van der Waals surface area contributed by atoms with Gasteiger partial charge in [-0.3, -0.25) is 4.57 Å². The molecule has 1 aliphatic carbocycles. The summed E-state index contributed by atoms with van der Waals surface area (Å²) in [6.45, 7) is 0.761. The third-order valence-corrected chi connectivity index (χ3v) is 6.72. The summed E-state index contributed by atoms with van der Waals surface area (Å²) >= 11 is 3.49. The highest BCUT2D eigenvalue weighted by atomic mass is 79.9. The van der Waals surface area contributed by atoms with Crippen LogP contribution in [0.4, 0.5) is 0 Å². The molecule has 7 nitrogen and oxygen atoms in total. The van der Waals surface area contributed by atoms with E-state index in [1.165, 1.54) is 0 Å². The molecule has 2 atom stereocenters. The molecular weight excluding hydrogens is 486 g/mol. The maximum Gasteiger partial charge on any atom is 0.338 e. The predicted octanol–water partition coefficient (Wildman–Crippen LogP) is 4.78. The van der Waals surface area contributed by atoms with Crippen LogP contribution in [0.5, 0.6) is 0 Å². The molecule has 0 radical (unpaired) electrons. The number of benzene rings is 1. The maximum absolute atomic E-state index is 13.4. The van der Waals surface area contributed by atoms with Gasteiger partial charge in [0.05, 0.1) is 30.3 Å². The van der Waals surface area contributed by atoms with Gasteiger partial charge in [-0.2, -0.15) is 0 Å². The largest absolute Gasteiger partial charge is 0.456 e. The fourth-order valence-electron chi connectivity index (χ4n) is 4.58. The smallest absolute Gasteiger partial charge is 0.338 e. The van der Waals surface area contributed by atoms with Crippen molar-refractivity contribution in [2.75, 3.05) is 6.61 Å². The Bertz CT molecular complexity index is 1240. The van der Waals surface area contributed by atoms with Gasteiger partial charge in [-0.1, -0.05) is 24.3 Å². The van der Waals surface area contributed by atoms with E-state index >= 15 is 0 Å². The number of esters is 1. The molecule has 1 fully saturated rings. The summed E-state index contributed by atoms with van der Waals surface area (Å²) in [6.07, 6.45) is 8.97. The second-order valence-electron chi connectivity index (χ2n) is 8.59. The van der Waals surface area contributed by atoms with E-state index in [1.807, 2.05) is 24.3 Å². The quantitative estimate of drug-likeness (QED) is 0.460. The highest BCUT2D eigenvalue weighted by Gasteiger charge is 2.27. The zero-order valence-corrected chi connectivity index (χ0v) is 19.9. The summed E-state index contributed by atoms with van der Waals surface area (Å²) in [6, 6.07) is 10.9. The highest BCUT2D eigenvalue weighted by molar-refractivity contribution is 9.10. The molecule has 3 heterocycles. The Morgan fingerprint density at radius 1 is 1.21 bits per heavy atom. The van der Waals surface area contributed by atoms with Crippen molar-refractivity contribution in [1.82, 2.24) is 14.1 Å². The molecule has 0 bridgehead atoms. The van der Waals surface area contributed by atoms with Gasteiger partial charge in [-0.15, -0.1) is 0 Å². The zero-order valence-electron chi connectivity index (χ0n) is 18.3. The molecule has 0 unspecified atom stereocenters. The van der Waals surface area contributed by atoms with Crippen molar-refractivity contribution in [3.8, 4) is 0 Å². The lowest BCUT2D eigenvalue weighted by atomic mass is 10.0. The molecule has 2 aliphatic rings. The number of rotatable bonds is 5. The molecule has 5 rings (SSSR count). The van der Waals surface area contributed by atoms with Crippen molar-refractivity contribution < 1.29 is 14.3 Å². The van der Waals surface area contributed by atoms with Crippen molar-refractivity contribution in [3.05, 3.63) is 69.2 Å². The summed E-state index contributed by atoms with van der Waals surface area (Å²) in [5, 5.41) is 0. The lowest BCUT2D eigenvalue weighted by molar-refractivity contribution is -0.0710. The number of nitrogens with zero attached hydrogens (tertiary/aromatic N) is 3. The Balaban J connectivity index is 1.31. The lowest BCUT2D eigenvalue weighted by Gasteiger charge is -2.29. The van der Waals surface area contributed by atoms with Crippen molar-refractivity contribution in [1.29, 1.82) is 0 Å². The van der Waals surface area contributed by atoms with Gasteiger partial charge >= 0.3 is 11.7 Å². The fraction of sp³-hybridized carbons (Fsp3) is 0.400. The van der Waals surface area contributed by atoms with E-state index in [-0.39, 0.29) is 23.9 Å². The van der Waals surface area contributed by atoms with Crippen molar-refractivity contribution in [2.24, 2.45) is 0 Å². The topological polar surface area (TPSA) is 75.4 Å². The number of aromatic nitrogens is 3. The van der Waals surface area contributed by atoms with Crippen molar-refractivity contribution in [2.45, 2.75) is 57.3 Å². The molecule has 0 saturated carbocycles. The van der Waals surface area contributed by atoms with Crippen LogP contribution in [0.25, 0.3) is 16.9 Å². The van der Waals surface area contributed by atoms with Crippen LogP contribution in [0.15, 0.2) is 57.9 Å². The van der Waals surface area contributed by atoms with Gasteiger partial charge in [0.15, 0.2) is 5.65 Å². The molecule has 172 valence electrons. The van der Waals surface area contributed by atoms with Crippen LogP contribution >= 0.6 is 15.9 Å². The minimum atomic E-state index is -0.335. The van der Waals surface area contributed by atoms with Crippen molar-refractivity contribution >= 4 is 38.8 Å². The number of hydrogen-bond donors (Lipinski definition) is 0. The normalized spacial score (nSPS) is 21.1. The summed E-state index contributed by atoms with van der Waals surface area (Å²) in [5.41, 5.74) is 2.96. The molecule has 33 heavy (non-hydrogen) atoms. The first-order valence-electron chi connectivity index (χ1n) is 11.4. The number of fused-ring (bicyclic) bond motifs is 1. The van der Waals surface area contributed by atoms with Crippen LogP contribution in [0.3, 0.4) is 0 Å².